The van der Waals surface area contributed by atoms with Crippen LogP contribution in [-0.2, 0) is 9.22 Å². The lowest BCUT2D eigenvalue weighted by molar-refractivity contribution is -0.159. The Morgan fingerprint density at radius 1 is 1.00 bits per heavy atom. The molecule has 0 radical (unpaired) electrons. The number of carboxylic acid groups (broad SMARTS) is 1. The molecule has 1 saturated carbocycles. The quantitative estimate of drug-likeness (QED) is 0.816. The first-order valence-electron chi connectivity index (χ1n) is 9.21. The zero-order valence-corrected chi connectivity index (χ0v) is 17.0. The third-order valence-electron chi connectivity index (χ3n) is 5.63. The van der Waals surface area contributed by atoms with E-state index in [1.54, 1.807) is 0 Å². The Morgan fingerprint density at radius 2 is 1.42 bits per heavy atom. The molecule has 2 aromatic carbocycles. The lowest BCUT2D eigenvalue weighted by Gasteiger charge is -2.50. The molecule has 1 fully saturated rings. The number of rotatable bonds is 5. The van der Waals surface area contributed by atoms with Gasteiger partial charge in [0.2, 0.25) is 0 Å². The summed E-state index contributed by atoms with van der Waals surface area (Å²) in [6.45, 7) is 8.55. The molecule has 0 unspecified atom stereocenters. The van der Waals surface area contributed by atoms with Crippen LogP contribution < -0.4 is 10.4 Å². The maximum absolute atomic E-state index is 11.5. The molecule has 0 aliphatic heterocycles. The van der Waals surface area contributed by atoms with E-state index in [2.05, 4.69) is 69.3 Å². The molecule has 3 rings (SSSR count). The van der Waals surface area contributed by atoms with Crippen molar-refractivity contribution in [3.63, 3.8) is 0 Å². The molecule has 0 spiro atoms. The normalized spacial score (nSPS) is 23.3. The summed E-state index contributed by atoms with van der Waals surface area (Å²) in [6, 6.07) is 21.0. The average molecular weight is 369 g/mol. The van der Waals surface area contributed by atoms with Crippen LogP contribution in [0.2, 0.25) is 5.04 Å². The number of benzene rings is 2. The van der Waals surface area contributed by atoms with Crippen LogP contribution in [0.1, 0.15) is 40.5 Å². The van der Waals surface area contributed by atoms with Crippen molar-refractivity contribution >= 4 is 24.7 Å². The fourth-order valence-corrected chi connectivity index (χ4v) is 8.83. The molecule has 3 nitrogen and oxygen atoms in total. The number of carbonyl (C=O) groups is 1. The van der Waals surface area contributed by atoms with E-state index in [4.69, 9.17) is 4.43 Å². The Labute approximate surface area is 157 Å². The highest BCUT2D eigenvalue weighted by Crippen LogP contribution is 2.46. The van der Waals surface area contributed by atoms with Crippen molar-refractivity contribution in [3.05, 3.63) is 60.7 Å². The second-order valence-electron chi connectivity index (χ2n) is 8.68. The molecule has 1 N–H and O–H groups in total. The number of aliphatic carboxylic acids is 1. The van der Waals surface area contributed by atoms with Crippen LogP contribution in [0, 0.1) is 5.41 Å². The first-order valence-corrected chi connectivity index (χ1v) is 11.1. The van der Waals surface area contributed by atoms with Gasteiger partial charge in [0, 0.05) is 6.10 Å². The van der Waals surface area contributed by atoms with Gasteiger partial charge in [0.1, 0.15) is 0 Å². The summed E-state index contributed by atoms with van der Waals surface area (Å²) < 4.78 is 6.93. The van der Waals surface area contributed by atoms with Crippen LogP contribution in [-0.4, -0.2) is 25.5 Å². The second kappa shape index (κ2) is 6.67. The van der Waals surface area contributed by atoms with Gasteiger partial charge < -0.3 is 9.53 Å². The van der Waals surface area contributed by atoms with Gasteiger partial charge in [0.05, 0.1) is 5.41 Å². The van der Waals surface area contributed by atoms with Crippen LogP contribution >= 0.6 is 0 Å². The fourth-order valence-electron chi connectivity index (χ4n) is 4.14. The van der Waals surface area contributed by atoms with Crippen molar-refractivity contribution < 1.29 is 14.3 Å². The molecule has 0 heterocycles. The van der Waals surface area contributed by atoms with E-state index in [0.29, 0.717) is 12.8 Å². The molecule has 0 saturated heterocycles. The summed E-state index contributed by atoms with van der Waals surface area (Å²) in [5.41, 5.74) is -0.657. The highest BCUT2D eigenvalue weighted by Gasteiger charge is 2.55. The summed E-state index contributed by atoms with van der Waals surface area (Å²) in [6.07, 6.45) is 1.14. The Balaban J connectivity index is 2.06. The van der Waals surface area contributed by atoms with Crippen LogP contribution in [0.15, 0.2) is 60.7 Å². The highest BCUT2D eigenvalue weighted by atomic mass is 28.4. The molecule has 1 aliphatic rings. The minimum Gasteiger partial charge on any atom is -0.481 e. The Hall–Kier alpha value is -1.91. The van der Waals surface area contributed by atoms with E-state index in [0.717, 1.165) is 0 Å². The van der Waals surface area contributed by atoms with Crippen molar-refractivity contribution in [3.8, 4) is 0 Å². The molecule has 0 atom stereocenters. The lowest BCUT2D eigenvalue weighted by Crippen LogP contribution is -2.69. The predicted octanol–water partition coefficient (Wildman–Crippen LogP) is 3.82. The summed E-state index contributed by atoms with van der Waals surface area (Å²) in [5.74, 6) is -0.722. The maximum atomic E-state index is 11.5. The Morgan fingerprint density at radius 3 is 1.77 bits per heavy atom. The van der Waals surface area contributed by atoms with Crippen molar-refractivity contribution in [2.45, 2.75) is 51.7 Å². The van der Waals surface area contributed by atoms with Crippen LogP contribution in [0.25, 0.3) is 0 Å². The number of hydrogen-bond donors (Lipinski definition) is 1. The van der Waals surface area contributed by atoms with Gasteiger partial charge in [-0.05, 0) is 35.2 Å². The Bertz CT molecular complexity index is 719. The molecule has 0 amide bonds. The first kappa shape index (κ1) is 18.9. The van der Waals surface area contributed by atoms with Crippen molar-refractivity contribution in [1.29, 1.82) is 0 Å². The smallest absolute Gasteiger partial charge is 0.309 e. The molecular formula is C22H28O3Si. The third-order valence-corrected chi connectivity index (χ3v) is 10.7. The van der Waals surface area contributed by atoms with E-state index >= 15 is 0 Å². The van der Waals surface area contributed by atoms with Gasteiger partial charge in [0.15, 0.2) is 0 Å². The fraction of sp³-hybridized carbons (Fsp3) is 0.409. The van der Waals surface area contributed by atoms with Crippen molar-refractivity contribution in [2.75, 3.05) is 0 Å². The zero-order chi connectivity index (χ0) is 19.0. The van der Waals surface area contributed by atoms with Gasteiger partial charge in [-0.15, -0.1) is 0 Å². The van der Waals surface area contributed by atoms with E-state index < -0.39 is 19.7 Å². The molecule has 0 bridgehead atoms. The van der Waals surface area contributed by atoms with Gasteiger partial charge in [-0.2, -0.15) is 0 Å². The highest BCUT2D eigenvalue weighted by molar-refractivity contribution is 6.99. The van der Waals surface area contributed by atoms with Crippen molar-refractivity contribution in [2.24, 2.45) is 5.41 Å². The second-order valence-corrected chi connectivity index (χ2v) is 12.9. The van der Waals surface area contributed by atoms with Crippen LogP contribution in [0.3, 0.4) is 0 Å². The summed E-state index contributed by atoms with van der Waals surface area (Å²) in [5, 5.41) is 11.9. The van der Waals surface area contributed by atoms with E-state index in [9.17, 15) is 9.90 Å². The van der Waals surface area contributed by atoms with E-state index in [1.165, 1.54) is 10.4 Å². The first-order chi connectivity index (χ1) is 12.2. The number of carboxylic acids is 1. The monoisotopic (exact) mass is 368 g/mol. The molecule has 1 aliphatic carbocycles. The van der Waals surface area contributed by atoms with Crippen LogP contribution in [0.4, 0.5) is 0 Å². The molecule has 26 heavy (non-hydrogen) atoms. The summed E-state index contributed by atoms with van der Waals surface area (Å²) in [4.78, 5) is 11.5. The SMILES string of the molecule is CC(C)(C)[Si](O[C@H]1C[C@](C)(C(=O)O)C1)(c1ccccc1)c1ccccc1. The molecule has 138 valence electrons. The van der Waals surface area contributed by atoms with Gasteiger partial charge in [-0.1, -0.05) is 81.4 Å². The molecular weight excluding hydrogens is 340 g/mol. The predicted molar refractivity (Wildman–Crippen MR) is 107 cm³/mol. The summed E-state index contributed by atoms with van der Waals surface area (Å²) in [7, 11) is -2.57. The molecule has 4 heteroatoms. The average Bonchev–Trinajstić information content (AvgIpc) is 2.58. The largest absolute Gasteiger partial charge is 0.481 e. The van der Waals surface area contributed by atoms with E-state index in [-0.39, 0.29) is 11.1 Å². The third kappa shape index (κ3) is 3.12. The van der Waals surface area contributed by atoms with Gasteiger partial charge in [-0.3, -0.25) is 4.79 Å². The minimum atomic E-state index is -2.57. The van der Waals surface area contributed by atoms with Crippen molar-refractivity contribution in [1.82, 2.24) is 0 Å². The molecule has 2 aromatic rings. The topological polar surface area (TPSA) is 46.5 Å². The van der Waals surface area contributed by atoms with E-state index in [1.807, 2.05) is 19.1 Å². The maximum Gasteiger partial charge on any atom is 0.309 e. The number of hydrogen-bond acceptors (Lipinski definition) is 2. The lowest BCUT2D eigenvalue weighted by atomic mass is 9.68. The van der Waals surface area contributed by atoms with Crippen LogP contribution in [0.5, 0.6) is 0 Å². The Kier molecular flexibility index (Phi) is 4.84. The van der Waals surface area contributed by atoms with Gasteiger partial charge >= 0.3 is 5.97 Å². The zero-order valence-electron chi connectivity index (χ0n) is 16.0. The minimum absolute atomic E-state index is 0.0117. The van der Waals surface area contributed by atoms with Gasteiger partial charge in [-0.25, -0.2) is 0 Å². The molecule has 0 aromatic heterocycles. The van der Waals surface area contributed by atoms with Gasteiger partial charge in [0.25, 0.3) is 8.32 Å². The standard InChI is InChI=1S/C22H28O3Si/c1-21(2,3)26(18-11-7-5-8-12-18,19-13-9-6-10-14-19)25-17-15-22(4,16-17)20(23)24/h5-14,17H,15-16H2,1-4H3,(H,23,24)/t17-,22-. The summed E-state index contributed by atoms with van der Waals surface area (Å²) >= 11 is 0.